The van der Waals surface area contributed by atoms with Crippen molar-refractivity contribution in [3.8, 4) is 61.8 Å². The molecule has 15 rings (SSSR count). The normalized spacial score (nSPS) is 15.1. The van der Waals surface area contributed by atoms with E-state index in [-0.39, 0.29) is 5.92 Å². The predicted octanol–water partition coefficient (Wildman–Crippen LogP) is 18.3. The maximum Gasteiger partial charge on any atom is 0.162 e. The Morgan fingerprint density at radius 1 is 0.527 bits per heavy atom. The lowest BCUT2D eigenvalue weighted by atomic mass is 9.69. The van der Waals surface area contributed by atoms with Gasteiger partial charge in [0.05, 0.1) is 16.7 Å². The average molecular weight is 952 g/mol. The lowest BCUT2D eigenvalue weighted by Gasteiger charge is -2.34. The Morgan fingerprint density at radius 2 is 1.27 bits per heavy atom. The van der Waals surface area contributed by atoms with Crippen molar-refractivity contribution in [2.45, 2.75) is 44.9 Å². The highest BCUT2D eigenvalue weighted by atomic mass is 16.3. The number of furan rings is 2. The summed E-state index contributed by atoms with van der Waals surface area (Å²) in [5, 5.41) is 5.58. The predicted molar refractivity (Wildman–Crippen MR) is 304 cm³/mol. The van der Waals surface area contributed by atoms with Crippen molar-refractivity contribution in [2.24, 2.45) is 0 Å². The van der Waals surface area contributed by atoms with Crippen LogP contribution in [-0.4, -0.2) is 14.5 Å². The van der Waals surface area contributed by atoms with Crippen molar-refractivity contribution in [3.05, 3.63) is 240 Å². The quantitative estimate of drug-likeness (QED) is 0.160. The van der Waals surface area contributed by atoms with E-state index in [1.165, 1.54) is 55.3 Å². The van der Waals surface area contributed by atoms with Crippen LogP contribution in [0.15, 0.2) is 215 Å². The molecule has 0 amide bonds. The van der Waals surface area contributed by atoms with E-state index < -0.39 is 0 Å². The van der Waals surface area contributed by atoms with Crippen molar-refractivity contribution in [2.75, 3.05) is 0 Å². The minimum atomic E-state index is 0.243. The first kappa shape index (κ1) is 42.6. The molecule has 2 aliphatic carbocycles. The maximum atomic E-state index is 7.10. The van der Waals surface area contributed by atoms with Crippen LogP contribution >= 0.6 is 0 Å². The molecule has 0 spiro atoms. The Labute approximate surface area is 428 Å². The minimum absolute atomic E-state index is 0.243. The van der Waals surface area contributed by atoms with E-state index in [1.54, 1.807) is 0 Å². The molecule has 4 heterocycles. The minimum Gasteiger partial charge on any atom is -0.456 e. The van der Waals surface area contributed by atoms with Gasteiger partial charge < -0.3 is 8.83 Å². The van der Waals surface area contributed by atoms with Crippen molar-refractivity contribution in [3.63, 3.8) is 0 Å². The molecule has 0 saturated heterocycles. The number of fused-ring (bicyclic) bond motifs is 12. The van der Waals surface area contributed by atoms with Crippen LogP contribution in [0.4, 0.5) is 0 Å². The molecule has 5 heteroatoms. The number of rotatable bonds is 7. The lowest BCUT2D eigenvalue weighted by molar-refractivity contribution is 0.595. The largest absolute Gasteiger partial charge is 0.456 e. The van der Waals surface area contributed by atoms with Crippen LogP contribution in [0.25, 0.3) is 123 Å². The van der Waals surface area contributed by atoms with E-state index >= 15 is 0 Å². The summed E-state index contributed by atoms with van der Waals surface area (Å²) in [6, 6.07) is 72.7. The number of aromatic nitrogens is 3. The fourth-order valence-corrected chi connectivity index (χ4v) is 12.7. The van der Waals surface area contributed by atoms with Crippen LogP contribution < -0.4 is 0 Å². The van der Waals surface area contributed by atoms with Gasteiger partial charge in [-0.2, -0.15) is 0 Å². The molecular weight excluding hydrogens is 903 g/mol. The number of hydrogen-bond donors (Lipinski definition) is 0. The third kappa shape index (κ3) is 6.49. The summed E-state index contributed by atoms with van der Waals surface area (Å²) < 4.78 is 16.0. The van der Waals surface area contributed by atoms with Gasteiger partial charge in [-0.15, -0.1) is 0 Å². The molecule has 4 aromatic heterocycles. The Morgan fingerprint density at radius 3 is 2.16 bits per heavy atom. The second-order valence-electron chi connectivity index (χ2n) is 20.1. The molecule has 0 fully saturated rings. The van der Waals surface area contributed by atoms with E-state index in [0.717, 1.165) is 102 Å². The Hall–Kier alpha value is -9.06. The highest BCUT2D eigenvalue weighted by Gasteiger charge is 2.33. The molecule has 0 N–H and O–H groups in total. The van der Waals surface area contributed by atoms with Gasteiger partial charge in [0.25, 0.3) is 0 Å². The van der Waals surface area contributed by atoms with Gasteiger partial charge in [0.2, 0.25) is 0 Å². The highest BCUT2D eigenvalue weighted by molar-refractivity contribution is 6.16. The molecule has 9 aromatic carbocycles. The van der Waals surface area contributed by atoms with Crippen molar-refractivity contribution >= 4 is 60.8 Å². The van der Waals surface area contributed by atoms with E-state index in [0.29, 0.717) is 18.2 Å². The Bertz CT molecular complexity index is 4440. The third-order valence-electron chi connectivity index (χ3n) is 16.1. The standard InChI is InChI=1S/C69H49N3O2/c1-3-47-66(55-27-17-31-62-65(55)56-28-16-26-49(67(56)74-62)45-32-36-54-57(39-45)50-23-11-10-22-48(50)41(2)64(54)43-20-8-5-9-21-43)70-68(46-33-35-53-52-25-13-15-30-61(52)73-63(53)40-46)71-69(47)72-59-29-14-12-24-51(59)58-38-44(34-37-60(58)72)42-18-6-4-7-19-42/h4-12,14-24,26-41,64H,3,13,25H2,1-2H3. The summed E-state index contributed by atoms with van der Waals surface area (Å²) in [5.41, 5.74) is 21.0. The third-order valence-corrected chi connectivity index (χ3v) is 16.1. The summed E-state index contributed by atoms with van der Waals surface area (Å²) in [4.78, 5) is 11.3. The monoisotopic (exact) mass is 951 g/mol. The first-order valence-corrected chi connectivity index (χ1v) is 26.0. The first-order chi connectivity index (χ1) is 36.6. The van der Waals surface area contributed by atoms with Crippen molar-refractivity contribution in [1.29, 1.82) is 0 Å². The lowest BCUT2D eigenvalue weighted by Crippen LogP contribution is -2.17. The summed E-state index contributed by atoms with van der Waals surface area (Å²) in [6.45, 7) is 4.60. The molecule has 352 valence electrons. The van der Waals surface area contributed by atoms with E-state index in [9.17, 15) is 0 Å². The molecule has 2 atom stereocenters. The molecule has 0 bridgehead atoms. The zero-order valence-corrected chi connectivity index (χ0v) is 41.1. The molecular formula is C69H49N3O2. The molecule has 2 aliphatic rings. The number of nitrogens with zero attached hydrogens (tertiary/aromatic N) is 3. The maximum absolute atomic E-state index is 7.10. The Balaban J connectivity index is 0.955. The van der Waals surface area contributed by atoms with Gasteiger partial charge in [-0.05, 0) is 112 Å². The second kappa shape index (κ2) is 16.8. The first-order valence-electron chi connectivity index (χ1n) is 26.0. The van der Waals surface area contributed by atoms with Crippen LogP contribution in [0.3, 0.4) is 0 Å². The van der Waals surface area contributed by atoms with Gasteiger partial charge >= 0.3 is 0 Å². The zero-order valence-electron chi connectivity index (χ0n) is 41.1. The van der Waals surface area contributed by atoms with Crippen LogP contribution in [0.1, 0.15) is 65.7 Å². The summed E-state index contributed by atoms with van der Waals surface area (Å²) in [6.07, 6.45) is 6.97. The van der Waals surface area contributed by atoms with Gasteiger partial charge in [-0.3, -0.25) is 4.57 Å². The summed E-state index contributed by atoms with van der Waals surface area (Å²) in [5.74, 6) is 3.01. The SMILES string of the molecule is CCc1c(-c2cccc3oc4c(-c5ccc6c(c5)-c5ccccc5C(C)C6c5ccccc5)cccc4c23)nc(-c2ccc3c4c(oc3c2)C=CCC4)nc1-n1c2ccccc2c2cc(-c3ccccc3)ccc21. The molecule has 74 heavy (non-hydrogen) atoms. The fraction of sp³-hybridized carbons (Fsp3) is 0.101. The van der Waals surface area contributed by atoms with E-state index in [1.807, 2.05) is 0 Å². The smallest absolute Gasteiger partial charge is 0.162 e. The van der Waals surface area contributed by atoms with Crippen LogP contribution in [0.5, 0.6) is 0 Å². The topological polar surface area (TPSA) is 57.0 Å². The number of aryl methyl sites for hydroxylation is 1. The molecule has 0 aliphatic heterocycles. The van der Waals surface area contributed by atoms with Gasteiger partial charge in [-0.25, -0.2) is 9.97 Å². The second-order valence-corrected chi connectivity index (χ2v) is 20.1. The average Bonchev–Trinajstić information content (AvgIpc) is 4.18. The van der Waals surface area contributed by atoms with E-state index in [4.69, 9.17) is 18.8 Å². The van der Waals surface area contributed by atoms with E-state index in [2.05, 4.69) is 231 Å². The number of para-hydroxylation sites is 2. The van der Waals surface area contributed by atoms with Crippen LogP contribution in [0, 0.1) is 0 Å². The number of benzene rings is 9. The highest BCUT2D eigenvalue weighted by Crippen LogP contribution is 2.51. The number of hydrogen-bond acceptors (Lipinski definition) is 4. The molecule has 0 radical (unpaired) electrons. The molecule has 13 aromatic rings. The summed E-state index contributed by atoms with van der Waals surface area (Å²) >= 11 is 0. The molecule has 5 nitrogen and oxygen atoms in total. The van der Waals surface area contributed by atoms with Crippen molar-refractivity contribution in [1.82, 2.24) is 14.5 Å². The van der Waals surface area contributed by atoms with Crippen molar-refractivity contribution < 1.29 is 8.83 Å². The Kier molecular flexibility index (Phi) is 9.65. The van der Waals surface area contributed by atoms with Crippen LogP contribution in [0.2, 0.25) is 0 Å². The summed E-state index contributed by atoms with van der Waals surface area (Å²) in [7, 11) is 0. The number of allylic oxidation sites excluding steroid dienone is 1. The fourth-order valence-electron chi connectivity index (χ4n) is 12.7. The zero-order chi connectivity index (χ0) is 49.0. The van der Waals surface area contributed by atoms with Crippen LogP contribution in [-0.2, 0) is 12.8 Å². The van der Waals surface area contributed by atoms with Gasteiger partial charge in [0.15, 0.2) is 5.82 Å². The molecule has 2 unspecified atom stereocenters. The van der Waals surface area contributed by atoms with Gasteiger partial charge in [0, 0.05) is 60.7 Å². The van der Waals surface area contributed by atoms with Gasteiger partial charge in [-0.1, -0.05) is 184 Å². The molecule has 0 saturated carbocycles. The van der Waals surface area contributed by atoms with Gasteiger partial charge in [0.1, 0.15) is 28.3 Å².